The minimum Gasteiger partial charge on any atom is -0.486 e. The van der Waals surface area contributed by atoms with Crippen LogP contribution in [0.1, 0.15) is 31.2 Å². The van der Waals surface area contributed by atoms with Crippen molar-refractivity contribution in [3.63, 3.8) is 0 Å². The first kappa shape index (κ1) is 11.4. The molecule has 1 aromatic rings. The minimum atomic E-state index is -0.231. The Kier molecular flexibility index (Phi) is 2.79. The molecule has 17 heavy (non-hydrogen) atoms. The van der Waals surface area contributed by atoms with Gasteiger partial charge in [-0.2, -0.15) is 0 Å². The summed E-state index contributed by atoms with van der Waals surface area (Å²) in [5.74, 6) is 1.65. The number of rotatable bonds is 1. The molecular formula is C13H16BrNO2. The molecule has 1 aliphatic carbocycles. The molecule has 0 bridgehead atoms. The third-order valence-electron chi connectivity index (χ3n) is 3.67. The maximum atomic E-state index is 6.50. The van der Waals surface area contributed by atoms with E-state index >= 15 is 0 Å². The number of halogens is 1. The van der Waals surface area contributed by atoms with E-state index in [1.54, 1.807) is 0 Å². The van der Waals surface area contributed by atoms with Gasteiger partial charge in [-0.15, -0.1) is 0 Å². The Morgan fingerprint density at radius 3 is 2.41 bits per heavy atom. The van der Waals surface area contributed by atoms with Crippen LogP contribution in [0.25, 0.3) is 0 Å². The first-order valence-electron chi connectivity index (χ1n) is 6.08. The van der Waals surface area contributed by atoms with Gasteiger partial charge in [0.15, 0.2) is 11.5 Å². The van der Waals surface area contributed by atoms with Crippen molar-refractivity contribution < 1.29 is 9.47 Å². The van der Waals surface area contributed by atoms with E-state index in [2.05, 4.69) is 22.0 Å². The van der Waals surface area contributed by atoms with E-state index in [-0.39, 0.29) is 5.54 Å². The Morgan fingerprint density at radius 2 is 1.71 bits per heavy atom. The van der Waals surface area contributed by atoms with E-state index in [4.69, 9.17) is 15.2 Å². The second-order valence-electron chi connectivity index (χ2n) is 4.81. The first-order valence-corrected chi connectivity index (χ1v) is 6.87. The van der Waals surface area contributed by atoms with Crippen LogP contribution in [0.2, 0.25) is 0 Å². The van der Waals surface area contributed by atoms with Crippen molar-refractivity contribution in [1.82, 2.24) is 0 Å². The zero-order valence-corrected chi connectivity index (χ0v) is 11.3. The van der Waals surface area contributed by atoms with Gasteiger partial charge in [-0.05, 0) is 34.8 Å². The Hall–Kier alpha value is -0.740. The highest BCUT2D eigenvalue weighted by Gasteiger charge is 2.36. The molecule has 1 saturated carbocycles. The van der Waals surface area contributed by atoms with Crippen molar-refractivity contribution in [2.45, 2.75) is 31.2 Å². The molecule has 0 aromatic heterocycles. The van der Waals surface area contributed by atoms with E-state index in [0.29, 0.717) is 13.2 Å². The van der Waals surface area contributed by atoms with E-state index in [9.17, 15) is 0 Å². The largest absolute Gasteiger partial charge is 0.486 e. The SMILES string of the molecule is NC1(c2ccc(Br)c3c2OCCO3)CCCC1. The van der Waals surface area contributed by atoms with E-state index in [0.717, 1.165) is 34.4 Å². The lowest BCUT2D eigenvalue weighted by atomic mass is 9.88. The Balaban J connectivity index is 2.11. The molecule has 0 atom stereocenters. The predicted molar refractivity (Wildman–Crippen MR) is 69.5 cm³/mol. The summed E-state index contributed by atoms with van der Waals surface area (Å²) in [4.78, 5) is 0. The average Bonchev–Trinajstić information content (AvgIpc) is 2.78. The quantitative estimate of drug-likeness (QED) is 0.867. The van der Waals surface area contributed by atoms with Crippen LogP contribution < -0.4 is 15.2 Å². The molecule has 2 N–H and O–H groups in total. The van der Waals surface area contributed by atoms with Crippen LogP contribution in [0.15, 0.2) is 16.6 Å². The number of hydrogen-bond acceptors (Lipinski definition) is 3. The van der Waals surface area contributed by atoms with Gasteiger partial charge >= 0.3 is 0 Å². The van der Waals surface area contributed by atoms with Crippen LogP contribution in [0, 0.1) is 0 Å². The molecular weight excluding hydrogens is 282 g/mol. The van der Waals surface area contributed by atoms with Crippen molar-refractivity contribution in [2.75, 3.05) is 13.2 Å². The van der Waals surface area contributed by atoms with Gasteiger partial charge < -0.3 is 15.2 Å². The van der Waals surface area contributed by atoms with Crippen LogP contribution in [-0.2, 0) is 5.54 Å². The highest BCUT2D eigenvalue weighted by atomic mass is 79.9. The second-order valence-corrected chi connectivity index (χ2v) is 5.67. The van der Waals surface area contributed by atoms with Crippen molar-refractivity contribution >= 4 is 15.9 Å². The number of benzene rings is 1. The van der Waals surface area contributed by atoms with Crippen molar-refractivity contribution in [1.29, 1.82) is 0 Å². The standard InChI is InChI=1S/C13H16BrNO2/c14-10-4-3-9(13(15)5-1-2-6-13)11-12(10)17-8-7-16-11/h3-4H,1-2,5-8,15H2. The molecule has 0 amide bonds. The Labute approximate surface area is 109 Å². The zero-order valence-electron chi connectivity index (χ0n) is 9.67. The smallest absolute Gasteiger partial charge is 0.175 e. The number of hydrogen-bond donors (Lipinski definition) is 1. The molecule has 1 heterocycles. The van der Waals surface area contributed by atoms with Gasteiger partial charge in [-0.3, -0.25) is 0 Å². The zero-order chi connectivity index (χ0) is 11.9. The number of ether oxygens (including phenoxy) is 2. The summed E-state index contributed by atoms with van der Waals surface area (Å²) in [5.41, 5.74) is 7.38. The lowest BCUT2D eigenvalue weighted by Crippen LogP contribution is -2.34. The van der Waals surface area contributed by atoms with Gasteiger partial charge in [0.05, 0.1) is 4.47 Å². The third-order valence-corrected chi connectivity index (χ3v) is 4.30. The predicted octanol–water partition coefficient (Wildman–Crippen LogP) is 2.95. The van der Waals surface area contributed by atoms with Crippen LogP contribution in [-0.4, -0.2) is 13.2 Å². The van der Waals surface area contributed by atoms with Gasteiger partial charge in [0, 0.05) is 11.1 Å². The summed E-state index contributed by atoms with van der Waals surface area (Å²) in [7, 11) is 0. The van der Waals surface area contributed by atoms with Crippen LogP contribution >= 0.6 is 15.9 Å². The Morgan fingerprint density at radius 1 is 1.06 bits per heavy atom. The molecule has 2 aliphatic rings. The van der Waals surface area contributed by atoms with Gasteiger partial charge in [-0.1, -0.05) is 18.9 Å². The molecule has 1 aliphatic heterocycles. The second kappa shape index (κ2) is 4.18. The lowest BCUT2D eigenvalue weighted by molar-refractivity contribution is 0.165. The van der Waals surface area contributed by atoms with E-state index < -0.39 is 0 Å². The van der Waals surface area contributed by atoms with Gasteiger partial charge in [0.2, 0.25) is 0 Å². The maximum absolute atomic E-state index is 6.50. The molecule has 0 saturated heterocycles. The highest BCUT2D eigenvalue weighted by Crippen LogP contribution is 2.47. The van der Waals surface area contributed by atoms with Gasteiger partial charge in [0.25, 0.3) is 0 Å². The monoisotopic (exact) mass is 297 g/mol. The van der Waals surface area contributed by atoms with E-state index in [1.165, 1.54) is 12.8 Å². The fraction of sp³-hybridized carbons (Fsp3) is 0.538. The summed E-state index contributed by atoms with van der Waals surface area (Å²) < 4.78 is 12.4. The molecule has 0 radical (unpaired) electrons. The molecule has 0 spiro atoms. The normalized spacial score (nSPS) is 21.5. The molecule has 0 unspecified atom stereocenters. The fourth-order valence-electron chi connectivity index (χ4n) is 2.77. The topological polar surface area (TPSA) is 44.5 Å². The third kappa shape index (κ3) is 1.83. The number of fused-ring (bicyclic) bond motifs is 1. The van der Waals surface area contributed by atoms with Crippen molar-refractivity contribution in [3.8, 4) is 11.5 Å². The van der Waals surface area contributed by atoms with Gasteiger partial charge in [-0.25, -0.2) is 0 Å². The van der Waals surface area contributed by atoms with E-state index in [1.807, 2.05) is 6.07 Å². The summed E-state index contributed by atoms with van der Waals surface area (Å²) >= 11 is 3.50. The van der Waals surface area contributed by atoms with Crippen LogP contribution in [0.3, 0.4) is 0 Å². The Bertz CT molecular complexity index is 441. The van der Waals surface area contributed by atoms with Crippen molar-refractivity contribution in [3.05, 3.63) is 22.2 Å². The fourth-order valence-corrected chi connectivity index (χ4v) is 3.20. The highest BCUT2D eigenvalue weighted by molar-refractivity contribution is 9.10. The number of nitrogens with two attached hydrogens (primary N) is 1. The summed E-state index contributed by atoms with van der Waals surface area (Å²) in [5, 5.41) is 0. The van der Waals surface area contributed by atoms with Crippen molar-refractivity contribution in [2.24, 2.45) is 5.73 Å². The molecule has 1 fully saturated rings. The summed E-state index contributed by atoms with van der Waals surface area (Å²) in [6.45, 7) is 1.21. The molecule has 92 valence electrons. The van der Waals surface area contributed by atoms with Gasteiger partial charge in [0.1, 0.15) is 13.2 Å². The molecule has 1 aromatic carbocycles. The minimum absolute atomic E-state index is 0.231. The lowest BCUT2D eigenvalue weighted by Gasteiger charge is -2.30. The average molecular weight is 298 g/mol. The summed E-state index contributed by atoms with van der Waals surface area (Å²) in [6, 6.07) is 4.08. The first-order chi connectivity index (χ1) is 8.21. The van der Waals surface area contributed by atoms with Crippen LogP contribution in [0.4, 0.5) is 0 Å². The summed E-state index contributed by atoms with van der Waals surface area (Å²) in [6.07, 6.45) is 4.46. The van der Waals surface area contributed by atoms with Crippen LogP contribution in [0.5, 0.6) is 11.5 Å². The molecule has 3 nitrogen and oxygen atoms in total. The molecule has 3 rings (SSSR count). The molecule has 4 heteroatoms. The maximum Gasteiger partial charge on any atom is 0.175 e.